The number of aryl methyl sites for hydroxylation is 1. The van der Waals surface area contributed by atoms with E-state index in [9.17, 15) is 48.6 Å². The lowest BCUT2D eigenvalue weighted by Gasteiger charge is -2.23. The van der Waals surface area contributed by atoms with Gasteiger partial charge in [-0.15, -0.1) is 68.0 Å². The third-order valence-electron chi connectivity index (χ3n) is 13.9. The van der Waals surface area contributed by atoms with E-state index < -0.39 is 78.3 Å². The molecule has 0 saturated heterocycles. The second-order valence-electron chi connectivity index (χ2n) is 20.7. The maximum absolute atomic E-state index is 14.3. The van der Waals surface area contributed by atoms with Crippen molar-refractivity contribution in [1.29, 1.82) is 0 Å². The van der Waals surface area contributed by atoms with Crippen molar-refractivity contribution in [2.24, 2.45) is 11.8 Å². The molecule has 89 heavy (non-hydrogen) atoms. The largest absolute Gasteiger partial charge is 0.481 e. The molecule has 7 aromatic heterocycles. The topological polar surface area (TPSA) is 358 Å². The predicted molar refractivity (Wildman–Crippen MR) is 337 cm³/mol. The van der Waals surface area contributed by atoms with Crippen molar-refractivity contribution in [3.8, 4) is 43.4 Å². The molecule has 0 aliphatic carbocycles. The Bertz CT molecular complexity index is 3890. The maximum atomic E-state index is 14.3. The molecule has 466 valence electrons. The van der Waals surface area contributed by atoms with Crippen LogP contribution in [0.15, 0.2) is 64.0 Å². The Morgan fingerprint density at radius 1 is 0.708 bits per heavy atom. The first-order valence-corrected chi connectivity index (χ1v) is 33.0. The highest BCUT2D eigenvalue weighted by Gasteiger charge is 2.33. The predicted octanol–water partition coefficient (Wildman–Crippen LogP) is 9.10. The van der Waals surface area contributed by atoms with E-state index in [-0.39, 0.29) is 65.7 Å². The molecule has 1 aromatic carbocycles. The van der Waals surface area contributed by atoms with Gasteiger partial charge in [0.1, 0.15) is 88.0 Å². The maximum Gasteiger partial charge on any atom is 0.412 e. The molecule has 5 atom stereocenters. The Morgan fingerprint density at radius 2 is 1.43 bits per heavy atom. The molecule has 6 amide bonds. The number of ether oxygens (including phenoxy) is 2. The van der Waals surface area contributed by atoms with Crippen LogP contribution in [0.3, 0.4) is 0 Å². The lowest BCUT2D eigenvalue weighted by atomic mass is 9.98. The number of aromatic nitrogens is 7. The van der Waals surface area contributed by atoms with E-state index in [0.717, 1.165) is 34.0 Å². The van der Waals surface area contributed by atoms with Gasteiger partial charge in [-0.2, -0.15) is 0 Å². The number of nitrogens with one attached hydrogen (secondary N) is 6. The van der Waals surface area contributed by atoms with Crippen molar-refractivity contribution in [2.75, 3.05) is 32.6 Å². The zero-order valence-electron chi connectivity index (χ0n) is 48.7. The number of Topliss-reactive ketones (excluding diaryl/α,β-unsaturated/α-hetero) is 1. The van der Waals surface area contributed by atoms with Gasteiger partial charge in [0.05, 0.1) is 54.8 Å². The monoisotopic (exact) mass is 1320 g/mol. The number of aliphatic carboxylic acids is 1. The van der Waals surface area contributed by atoms with Crippen LogP contribution in [0.25, 0.3) is 43.4 Å². The van der Waals surface area contributed by atoms with Crippen LogP contribution in [0.5, 0.6) is 0 Å². The molecule has 1 aliphatic heterocycles. The number of carbonyl (C=O) groups excluding carboxylic acids is 7. The van der Waals surface area contributed by atoms with Crippen LogP contribution in [0.4, 0.5) is 10.6 Å². The smallest absolute Gasteiger partial charge is 0.412 e. The van der Waals surface area contributed by atoms with E-state index >= 15 is 0 Å². The summed E-state index contributed by atoms with van der Waals surface area (Å²) in [5.41, 5.74) is 2.44. The molecule has 10 bridgehead atoms. The van der Waals surface area contributed by atoms with Gasteiger partial charge in [-0.3, -0.25) is 34.1 Å². The first-order valence-electron chi connectivity index (χ1n) is 27.9. The van der Waals surface area contributed by atoms with Gasteiger partial charge in [-0.25, -0.2) is 39.7 Å². The number of pyridine rings is 1. The number of carbonyl (C=O) groups is 8. The Balaban J connectivity index is 1.06. The van der Waals surface area contributed by atoms with Crippen molar-refractivity contribution in [1.82, 2.24) is 61.5 Å². The minimum Gasteiger partial charge on any atom is -0.481 e. The van der Waals surface area contributed by atoms with Crippen molar-refractivity contribution in [2.45, 2.75) is 97.1 Å². The number of carboxylic acids is 1. The summed E-state index contributed by atoms with van der Waals surface area (Å²) < 4.78 is 10.8. The number of ketones is 1. The van der Waals surface area contributed by atoms with Crippen LogP contribution < -0.4 is 31.9 Å². The van der Waals surface area contributed by atoms with Crippen molar-refractivity contribution in [3.63, 3.8) is 0 Å². The van der Waals surface area contributed by atoms with E-state index in [0.29, 0.717) is 94.4 Å². The number of amides is 6. The number of methoxy groups -OCH3 is 1. The summed E-state index contributed by atoms with van der Waals surface area (Å²) in [6, 6.07) is 9.30. The third kappa shape index (κ3) is 16.4. The number of unbranched alkanes of at least 4 members (excludes halogenated alkanes) is 1. The minimum absolute atomic E-state index is 0.000212. The number of thiazole rings is 6. The second kappa shape index (κ2) is 29.9. The molecule has 0 fully saturated rings. The fraction of sp³-hybridized carbons (Fsp3) is 0.362. The van der Waals surface area contributed by atoms with E-state index in [1.54, 1.807) is 70.9 Å². The number of benzene rings is 1. The molecular weight excluding hydrogens is 1260 g/mol. The van der Waals surface area contributed by atoms with Crippen LogP contribution in [-0.2, 0) is 35.3 Å². The number of aliphatic hydroxyl groups excluding tert-OH is 1. The summed E-state index contributed by atoms with van der Waals surface area (Å²) in [6.07, 6.45) is -0.484. The van der Waals surface area contributed by atoms with Gasteiger partial charge >= 0.3 is 12.1 Å². The lowest BCUT2D eigenvalue weighted by Crippen LogP contribution is -2.40. The highest BCUT2D eigenvalue weighted by atomic mass is 32.1. The molecule has 8 N–H and O–H groups in total. The van der Waals surface area contributed by atoms with Crippen LogP contribution in [0, 0.1) is 18.8 Å². The fourth-order valence-corrected chi connectivity index (χ4v) is 14.7. The van der Waals surface area contributed by atoms with Crippen molar-refractivity contribution in [3.05, 3.63) is 111 Å². The summed E-state index contributed by atoms with van der Waals surface area (Å²) >= 11 is 7.02. The molecule has 8 aromatic rings. The van der Waals surface area contributed by atoms with Gasteiger partial charge in [0.2, 0.25) is 11.8 Å². The first-order chi connectivity index (χ1) is 42.8. The molecule has 25 nitrogen and oxygen atoms in total. The number of hydrogen-bond donors (Lipinski definition) is 8. The summed E-state index contributed by atoms with van der Waals surface area (Å²) in [5, 5.41) is 47.1. The molecule has 8 heterocycles. The summed E-state index contributed by atoms with van der Waals surface area (Å²) in [7, 11) is 2.92. The summed E-state index contributed by atoms with van der Waals surface area (Å²) in [5.74, 6) is -4.83. The normalized spacial score (nSPS) is 16.3. The molecule has 0 spiro atoms. The number of rotatable bonds is 18. The number of carboxylic acid groups (broad SMARTS) is 1. The standard InChI is InChI=1S/C58H61N13O12S6/c1-27(2)42-56-71-45(38(89-56)22-82-6)49(77)60-21-41(74)68-46(47(75)30-13-8-7-9-14-30)55-65-37(25-86-55)53-63-35(23-85-53)44-32(51-64-36(24-84-51)48(76)62-34(20-40(73)59-5)54-70-43(29(4)88-54)50(78)69-42)16-17-33(61-44)52-66-39(26-87-52)67-58(81)83-19-18-31(57(79)80)15-11-10-12-28(3)72/h7-9,13-14,16-17,23-27,31,34,42,46-47,75H,10-12,15,18-22H2,1-6H3,(H,59,73)(H,60,77)(H,62,76)(H,67,81)(H,68,74)(H,69,78)(H,79,80)/t31?,34-,42?,46-,47-/m0/s1. The van der Waals surface area contributed by atoms with Crippen LogP contribution in [0.2, 0.25) is 0 Å². The average molecular weight is 1320 g/mol. The SMILES string of the molecule is CNC(=O)C[C@@H]1NC(=O)c2csc(n2)-c2ccc(-c3nc(NC(=O)OCCC(CCCCC(C)=O)C(=O)O)cs3)nc2-c2csc(n2)-c2csc(n2)[C@H]([C@@H](O)c2ccccc2)NC(=O)CNC(=O)c2nc(sc2COC)C(C(C)C)NC(=O)c2nc1sc2C. The van der Waals surface area contributed by atoms with E-state index in [2.05, 4.69) is 46.9 Å². The number of fused-ring (bicyclic) bond motifs is 14. The molecule has 2 unspecified atom stereocenters. The van der Waals surface area contributed by atoms with Gasteiger partial charge in [0.15, 0.2) is 0 Å². The zero-order valence-corrected chi connectivity index (χ0v) is 53.6. The summed E-state index contributed by atoms with van der Waals surface area (Å²) in [4.78, 5) is 140. The summed E-state index contributed by atoms with van der Waals surface area (Å²) in [6.45, 7) is 6.22. The van der Waals surface area contributed by atoms with Crippen LogP contribution in [-0.4, -0.2) is 120 Å². The molecule has 0 radical (unpaired) electrons. The number of aliphatic hydroxyl groups is 1. The highest BCUT2D eigenvalue weighted by Crippen LogP contribution is 2.40. The molecule has 0 saturated carbocycles. The number of nitrogens with zero attached hydrogens (tertiary/aromatic N) is 7. The zero-order chi connectivity index (χ0) is 63.5. The highest BCUT2D eigenvalue weighted by molar-refractivity contribution is 7.15. The number of anilines is 1. The Kier molecular flexibility index (Phi) is 21.9. The van der Waals surface area contributed by atoms with Gasteiger partial charge in [0, 0.05) is 52.5 Å². The minimum atomic E-state index is -1.30. The Hall–Kier alpha value is -8.17. The molecule has 31 heteroatoms. The average Bonchev–Trinajstić information content (AvgIpc) is 1.86. The van der Waals surface area contributed by atoms with Gasteiger partial charge in [-0.1, -0.05) is 50.6 Å². The molecule has 9 rings (SSSR count). The molecule has 1 aliphatic rings. The van der Waals surface area contributed by atoms with Gasteiger partial charge in [0.25, 0.3) is 17.7 Å². The quantitative estimate of drug-likeness (QED) is 0.0371. The van der Waals surface area contributed by atoms with E-state index in [4.69, 9.17) is 29.4 Å². The molecular formula is C58H61N13O12S6. The van der Waals surface area contributed by atoms with Crippen molar-refractivity contribution >= 4 is 121 Å². The Morgan fingerprint density at radius 3 is 2.17 bits per heavy atom. The van der Waals surface area contributed by atoms with E-state index in [1.165, 1.54) is 55.1 Å². The van der Waals surface area contributed by atoms with Crippen molar-refractivity contribution < 1.29 is 58.0 Å². The van der Waals surface area contributed by atoms with E-state index in [1.807, 2.05) is 13.8 Å². The Labute approximate surface area is 533 Å². The second-order valence-corrected chi connectivity index (χ2v) is 26.5. The fourth-order valence-electron chi connectivity index (χ4n) is 9.23. The lowest BCUT2D eigenvalue weighted by molar-refractivity contribution is -0.142. The number of hydrogen-bond acceptors (Lipinski definition) is 24. The van der Waals surface area contributed by atoms with Crippen LogP contribution >= 0.6 is 68.0 Å². The van der Waals surface area contributed by atoms with Gasteiger partial charge in [-0.05, 0) is 56.7 Å². The van der Waals surface area contributed by atoms with Crippen LogP contribution in [0.1, 0.15) is 145 Å². The van der Waals surface area contributed by atoms with Gasteiger partial charge < -0.3 is 51.1 Å². The third-order valence-corrected chi connectivity index (χ3v) is 19.6. The first kappa shape index (κ1) is 65.3.